The number of fused-ring (bicyclic) bond motifs is 1. The number of carboxylic acid groups (broad SMARTS) is 1. The highest BCUT2D eigenvalue weighted by atomic mass is 32.2. The number of hydrogen-bond acceptors (Lipinski definition) is 3. The highest BCUT2D eigenvalue weighted by molar-refractivity contribution is 7.99. The van der Waals surface area contributed by atoms with Gasteiger partial charge in [-0.05, 0) is 24.6 Å². The van der Waals surface area contributed by atoms with E-state index in [0.29, 0.717) is 10.7 Å². The zero-order chi connectivity index (χ0) is 13.8. The monoisotopic (exact) mass is 282 g/mol. The molecule has 0 radical (unpaired) electrons. The van der Waals surface area contributed by atoms with E-state index in [0.717, 1.165) is 24.9 Å². The minimum absolute atomic E-state index is 0.0437. The van der Waals surface area contributed by atoms with Gasteiger partial charge >= 0.3 is 5.97 Å². The van der Waals surface area contributed by atoms with Crippen LogP contribution in [-0.2, 0) is 11.3 Å². The summed E-state index contributed by atoms with van der Waals surface area (Å²) >= 11 is 1.17. The molecule has 0 spiro atoms. The molecule has 0 amide bonds. The minimum atomic E-state index is -0.884. The Balaban J connectivity index is 2.39. The normalized spacial score (nSPS) is 11.1. The summed E-state index contributed by atoms with van der Waals surface area (Å²) in [6, 6.07) is 4.44. The number of thioether (sulfide) groups is 1. The van der Waals surface area contributed by atoms with Crippen LogP contribution in [0.5, 0.6) is 0 Å². The largest absolute Gasteiger partial charge is 0.481 e. The van der Waals surface area contributed by atoms with E-state index in [-0.39, 0.29) is 11.6 Å². The smallest absolute Gasteiger partial charge is 0.313 e. The number of aliphatic carboxylic acids is 1. The number of carboxylic acids is 1. The van der Waals surface area contributed by atoms with Crippen LogP contribution in [-0.4, -0.2) is 26.4 Å². The van der Waals surface area contributed by atoms with Crippen molar-refractivity contribution < 1.29 is 14.3 Å². The van der Waals surface area contributed by atoms with Crippen LogP contribution in [0.4, 0.5) is 4.39 Å². The molecule has 6 heteroatoms. The van der Waals surface area contributed by atoms with Gasteiger partial charge in [-0.1, -0.05) is 25.1 Å². The first-order chi connectivity index (χ1) is 9.11. The van der Waals surface area contributed by atoms with Crippen LogP contribution in [0.15, 0.2) is 23.4 Å². The van der Waals surface area contributed by atoms with Gasteiger partial charge in [0, 0.05) is 6.54 Å². The number of nitrogens with zero attached hydrogens (tertiary/aromatic N) is 2. The van der Waals surface area contributed by atoms with Crippen LogP contribution >= 0.6 is 11.8 Å². The molecule has 2 aromatic rings. The Hall–Kier alpha value is -1.56. The van der Waals surface area contributed by atoms with Crippen molar-refractivity contribution in [3.8, 4) is 0 Å². The molecule has 0 aliphatic heterocycles. The topological polar surface area (TPSA) is 55.1 Å². The molecule has 2 rings (SSSR count). The van der Waals surface area contributed by atoms with Crippen LogP contribution in [0.25, 0.3) is 11.0 Å². The van der Waals surface area contributed by atoms with Crippen molar-refractivity contribution in [2.45, 2.75) is 31.5 Å². The molecule has 19 heavy (non-hydrogen) atoms. The van der Waals surface area contributed by atoms with Gasteiger partial charge in [-0.15, -0.1) is 0 Å². The molecule has 0 saturated carbocycles. The van der Waals surface area contributed by atoms with E-state index < -0.39 is 5.97 Å². The van der Waals surface area contributed by atoms with Crippen LogP contribution in [0.3, 0.4) is 0 Å². The van der Waals surface area contributed by atoms with E-state index in [2.05, 4.69) is 11.9 Å². The molecule has 1 N–H and O–H groups in total. The van der Waals surface area contributed by atoms with Gasteiger partial charge in [-0.3, -0.25) is 4.79 Å². The van der Waals surface area contributed by atoms with Crippen LogP contribution in [0, 0.1) is 5.82 Å². The summed E-state index contributed by atoms with van der Waals surface area (Å²) in [6.45, 7) is 2.79. The molecule has 1 aromatic heterocycles. The zero-order valence-corrected chi connectivity index (χ0v) is 11.4. The van der Waals surface area contributed by atoms with E-state index in [1.165, 1.54) is 23.9 Å². The highest BCUT2D eigenvalue weighted by Crippen LogP contribution is 2.25. The van der Waals surface area contributed by atoms with Crippen molar-refractivity contribution in [1.29, 1.82) is 0 Å². The second-order valence-electron chi connectivity index (χ2n) is 4.22. The summed E-state index contributed by atoms with van der Waals surface area (Å²) < 4.78 is 15.2. The summed E-state index contributed by atoms with van der Waals surface area (Å²) in [5, 5.41) is 9.38. The maximum atomic E-state index is 13.3. The molecule has 0 fully saturated rings. The number of aryl methyl sites for hydroxylation is 1. The molecule has 1 heterocycles. The lowest BCUT2D eigenvalue weighted by Gasteiger charge is -2.07. The van der Waals surface area contributed by atoms with Gasteiger partial charge in [-0.25, -0.2) is 9.37 Å². The first-order valence-corrected chi connectivity index (χ1v) is 7.10. The standard InChI is InChI=1S/C13H15FN2O2S/c1-2-3-6-16-11-7-9(14)4-5-10(11)15-13(16)19-8-12(17)18/h4-5,7H,2-3,6,8H2,1H3,(H,17,18). The third-order valence-electron chi connectivity index (χ3n) is 2.74. The molecule has 1 aromatic carbocycles. The summed E-state index contributed by atoms with van der Waals surface area (Å²) in [7, 11) is 0. The van der Waals surface area contributed by atoms with E-state index >= 15 is 0 Å². The summed E-state index contributed by atoms with van der Waals surface area (Å²) in [6.07, 6.45) is 1.96. The Kier molecular flexibility index (Phi) is 4.42. The summed E-state index contributed by atoms with van der Waals surface area (Å²) in [5.41, 5.74) is 1.42. The summed E-state index contributed by atoms with van der Waals surface area (Å²) in [4.78, 5) is 15.0. The Morgan fingerprint density at radius 3 is 3.00 bits per heavy atom. The highest BCUT2D eigenvalue weighted by Gasteiger charge is 2.13. The van der Waals surface area contributed by atoms with Crippen molar-refractivity contribution in [2.24, 2.45) is 0 Å². The van der Waals surface area contributed by atoms with E-state index in [4.69, 9.17) is 5.11 Å². The maximum absolute atomic E-state index is 13.3. The predicted octanol–water partition coefficient (Wildman–Crippen LogP) is 3.15. The van der Waals surface area contributed by atoms with Crippen molar-refractivity contribution >= 4 is 28.8 Å². The van der Waals surface area contributed by atoms with Gasteiger partial charge in [0.15, 0.2) is 5.16 Å². The number of unbranched alkanes of at least 4 members (excludes halogenated alkanes) is 1. The molecule has 0 aliphatic rings. The number of aromatic nitrogens is 2. The van der Waals surface area contributed by atoms with Gasteiger partial charge in [0.05, 0.1) is 16.8 Å². The van der Waals surface area contributed by atoms with Crippen LogP contribution < -0.4 is 0 Å². The molecule has 0 aliphatic carbocycles. The van der Waals surface area contributed by atoms with Crippen molar-refractivity contribution in [3.63, 3.8) is 0 Å². The number of halogens is 1. The van der Waals surface area contributed by atoms with E-state index in [1.807, 2.05) is 4.57 Å². The van der Waals surface area contributed by atoms with Crippen molar-refractivity contribution in [2.75, 3.05) is 5.75 Å². The second kappa shape index (κ2) is 6.06. The number of hydrogen-bond donors (Lipinski definition) is 1. The fourth-order valence-electron chi connectivity index (χ4n) is 1.84. The van der Waals surface area contributed by atoms with Crippen LogP contribution in [0.1, 0.15) is 19.8 Å². The lowest BCUT2D eigenvalue weighted by atomic mass is 10.3. The average molecular weight is 282 g/mol. The SMILES string of the molecule is CCCCn1c(SCC(=O)O)nc2ccc(F)cc21. The zero-order valence-electron chi connectivity index (χ0n) is 10.6. The first kappa shape index (κ1) is 13.9. The Bertz CT molecular complexity index is 598. The van der Waals surface area contributed by atoms with Gasteiger partial charge in [0.2, 0.25) is 0 Å². The van der Waals surface area contributed by atoms with Gasteiger partial charge in [-0.2, -0.15) is 0 Å². The molecule has 0 atom stereocenters. The molecule has 0 saturated heterocycles. The van der Waals surface area contributed by atoms with Crippen molar-refractivity contribution in [3.05, 3.63) is 24.0 Å². The molecular weight excluding hydrogens is 267 g/mol. The quantitative estimate of drug-likeness (QED) is 0.827. The Labute approximate surface area is 114 Å². The molecule has 0 unspecified atom stereocenters. The average Bonchev–Trinajstić information content (AvgIpc) is 2.71. The number of benzene rings is 1. The Morgan fingerprint density at radius 2 is 2.32 bits per heavy atom. The predicted molar refractivity (Wildman–Crippen MR) is 73.0 cm³/mol. The third kappa shape index (κ3) is 3.26. The number of imidazole rings is 1. The third-order valence-corrected chi connectivity index (χ3v) is 3.70. The van der Waals surface area contributed by atoms with Crippen LogP contribution in [0.2, 0.25) is 0 Å². The van der Waals surface area contributed by atoms with Gasteiger partial charge < -0.3 is 9.67 Å². The lowest BCUT2D eigenvalue weighted by molar-refractivity contribution is -0.133. The molecule has 4 nitrogen and oxygen atoms in total. The molecular formula is C13H15FN2O2S. The van der Waals surface area contributed by atoms with Gasteiger partial charge in [0.25, 0.3) is 0 Å². The lowest BCUT2D eigenvalue weighted by Crippen LogP contribution is -2.03. The van der Waals surface area contributed by atoms with Crippen molar-refractivity contribution in [1.82, 2.24) is 9.55 Å². The minimum Gasteiger partial charge on any atom is -0.481 e. The number of rotatable bonds is 6. The Morgan fingerprint density at radius 1 is 1.53 bits per heavy atom. The molecule has 102 valence electrons. The summed E-state index contributed by atoms with van der Waals surface area (Å²) in [5.74, 6) is -1.23. The molecule has 0 bridgehead atoms. The first-order valence-electron chi connectivity index (χ1n) is 6.12. The fraction of sp³-hybridized carbons (Fsp3) is 0.385. The van der Waals surface area contributed by atoms with E-state index in [1.54, 1.807) is 6.07 Å². The second-order valence-corrected chi connectivity index (χ2v) is 5.16. The van der Waals surface area contributed by atoms with Gasteiger partial charge in [0.1, 0.15) is 5.82 Å². The maximum Gasteiger partial charge on any atom is 0.313 e. The van der Waals surface area contributed by atoms with E-state index in [9.17, 15) is 9.18 Å². The number of carbonyl (C=O) groups is 1. The fourth-order valence-corrected chi connectivity index (χ4v) is 2.60.